The molecule has 0 heterocycles. The summed E-state index contributed by atoms with van der Waals surface area (Å²) in [6, 6.07) is 13.0. The van der Waals surface area contributed by atoms with Crippen molar-refractivity contribution in [1.82, 2.24) is 5.43 Å². The second kappa shape index (κ2) is 9.52. The Morgan fingerprint density at radius 1 is 1.15 bits per heavy atom. The lowest BCUT2D eigenvalue weighted by Gasteiger charge is -2.14. The maximum Gasteiger partial charge on any atom is 0.277 e. The van der Waals surface area contributed by atoms with Gasteiger partial charge in [-0.15, -0.1) is 0 Å². The van der Waals surface area contributed by atoms with Crippen molar-refractivity contribution in [2.75, 3.05) is 11.9 Å². The summed E-state index contributed by atoms with van der Waals surface area (Å²) in [5, 5.41) is 6.61. The molecule has 6 heteroatoms. The standard InChI is InChI=1S/C21H25N3O3/c1-14(2)19-11-15(3)5-10-20(19)27-13-21(26)24-22-12-17-6-8-18(9-7-17)23-16(4)25/h5-12,14H,13H2,1-4H3,(H,23,25)(H,24,26)/b22-12+. The summed E-state index contributed by atoms with van der Waals surface area (Å²) in [6.45, 7) is 7.54. The van der Waals surface area contributed by atoms with Crippen molar-refractivity contribution < 1.29 is 14.3 Å². The lowest BCUT2D eigenvalue weighted by atomic mass is 10.00. The van der Waals surface area contributed by atoms with Crippen LogP contribution >= 0.6 is 0 Å². The number of hydrogen-bond donors (Lipinski definition) is 2. The van der Waals surface area contributed by atoms with E-state index >= 15 is 0 Å². The number of benzene rings is 2. The number of carbonyl (C=O) groups excluding carboxylic acids is 2. The van der Waals surface area contributed by atoms with Gasteiger partial charge >= 0.3 is 0 Å². The second-order valence-electron chi connectivity index (χ2n) is 6.58. The summed E-state index contributed by atoms with van der Waals surface area (Å²) < 4.78 is 5.64. The van der Waals surface area contributed by atoms with Crippen molar-refractivity contribution in [3.63, 3.8) is 0 Å². The van der Waals surface area contributed by atoms with Gasteiger partial charge in [0, 0.05) is 12.6 Å². The van der Waals surface area contributed by atoms with E-state index in [2.05, 4.69) is 35.8 Å². The molecule has 0 atom stereocenters. The highest BCUT2D eigenvalue weighted by molar-refractivity contribution is 5.89. The zero-order valence-corrected chi connectivity index (χ0v) is 16.1. The van der Waals surface area contributed by atoms with E-state index in [0.29, 0.717) is 17.4 Å². The molecule has 2 aromatic rings. The minimum absolute atomic E-state index is 0.110. The smallest absolute Gasteiger partial charge is 0.277 e. The molecule has 0 radical (unpaired) electrons. The summed E-state index contributed by atoms with van der Waals surface area (Å²) in [5.41, 5.74) is 6.18. The van der Waals surface area contributed by atoms with Gasteiger partial charge in [-0.2, -0.15) is 5.10 Å². The molecule has 0 spiro atoms. The van der Waals surface area contributed by atoms with Crippen molar-refractivity contribution in [3.8, 4) is 5.75 Å². The first-order valence-corrected chi connectivity index (χ1v) is 8.78. The zero-order chi connectivity index (χ0) is 19.8. The molecule has 2 amide bonds. The van der Waals surface area contributed by atoms with Crippen LogP contribution in [-0.4, -0.2) is 24.6 Å². The minimum atomic E-state index is -0.337. The van der Waals surface area contributed by atoms with Crippen LogP contribution in [0.25, 0.3) is 0 Å². The lowest BCUT2D eigenvalue weighted by Crippen LogP contribution is -2.24. The van der Waals surface area contributed by atoms with Crippen molar-refractivity contribution in [3.05, 3.63) is 59.2 Å². The Morgan fingerprint density at radius 2 is 1.85 bits per heavy atom. The molecule has 0 aromatic heterocycles. The van der Waals surface area contributed by atoms with Gasteiger partial charge in [-0.25, -0.2) is 5.43 Å². The number of carbonyl (C=O) groups is 2. The zero-order valence-electron chi connectivity index (χ0n) is 16.1. The molecule has 6 nitrogen and oxygen atoms in total. The second-order valence-corrected chi connectivity index (χ2v) is 6.58. The average molecular weight is 367 g/mol. The molecule has 0 aliphatic carbocycles. The van der Waals surface area contributed by atoms with E-state index in [9.17, 15) is 9.59 Å². The topological polar surface area (TPSA) is 79.8 Å². The van der Waals surface area contributed by atoms with Gasteiger partial charge in [0.15, 0.2) is 6.61 Å². The third-order valence-corrected chi connectivity index (χ3v) is 3.78. The molecule has 0 aliphatic rings. The van der Waals surface area contributed by atoms with Crippen molar-refractivity contribution >= 4 is 23.7 Å². The first-order valence-electron chi connectivity index (χ1n) is 8.78. The van der Waals surface area contributed by atoms with Gasteiger partial charge in [0.25, 0.3) is 5.91 Å². The third-order valence-electron chi connectivity index (χ3n) is 3.78. The van der Waals surface area contributed by atoms with Crippen molar-refractivity contribution in [2.24, 2.45) is 5.10 Å². The first-order chi connectivity index (χ1) is 12.8. The highest BCUT2D eigenvalue weighted by atomic mass is 16.5. The number of nitrogens with one attached hydrogen (secondary N) is 2. The van der Waals surface area contributed by atoms with Crippen molar-refractivity contribution in [1.29, 1.82) is 0 Å². The quantitative estimate of drug-likeness (QED) is 0.579. The van der Waals surface area contributed by atoms with Crippen LogP contribution in [0.3, 0.4) is 0 Å². The molecular formula is C21H25N3O3. The highest BCUT2D eigenvalue weighted by Gasteiger charge is 2.10. The lowest BCUT2D eigenvalue weighted by molar-refractivity contribution is -0.123. The van der Waals surface area contributed by atoms with Crippen LogP contribution in [0.15, 0.2) is 47.6 Å². The number of hydrazone groups is 1. The fourth-order valence-corrected chi connectivity index (χ4v) is 2.46. The summed E-state index contributed by atoms with van der Waals surface area (Å²) >= 11 is 0. The third kappa shape index (κ3) is 6.58. The van der Waals surface area contributed by atoms with Crippen molar-refractivity contribution in [2.45, 2.75) is 33.6 Å². The van der Waals surface area contributed by atoms with Gasteiger partial charge in [0.2, 0.25) is 5.91 Å². The molecule has 0 saturated heterocycles. The Hall–Kier alpha value is -3.15. The van der Waals surface area contributed by atoms with E-state index in [4.69, 9.17) is 4.74 Å². The number of rotatable bonds is 7. The fourth-order valence-electron chi connectivity index (χ4n) is 2.46. The first kappa shape index (κ1) is 20.2. The van der Waals surface area contributed by atoms with E-state index in [1.807, 2.05) is 19.1 Å². The normalized spacial score (nSPS) is 10.9. The molecule has 0 fully saturated rings. The van der Waals surface area contributed by atoms with Gasteiger partial charge < -0.3 is 10.1 Å². The minimum Gasteiger partial charge on any atom is -0.483 e. The van der Waals surface area contributed by atoms with E-state index in [0.717, 1.165) is 16.7 Å². The number of amides is 2. The molecule has 2 rings (SSSR count). The molecule has 0 saturated carbocycles. The molecule has 142 valence electrons. The van der Waals surface area contributed by atoms with Crippen LogP contribution in [0.1, 0.15) is 43.4 Å². The van der Waals surface area contributed by atoms with Crippen LogP contribution in [0.4, 0.5) is 5.69 Å². The van der Waals surface area contributed by atoms with Gasteiger partial charge in [-0.3, -0.25) is 9.59 Å². The van der Waals surface area contributed by atoms with Crippen LogP contribution in [0.2, 0.25) is 0 Å². The molecule has 2 N–H and O–H groups in total. The Kier molecular flexibility index (Phi) is 7.11. The van der Waals surface area contributed by atoms with Crippen LogP contribution in [-0.2, 0) is 9.59 Å². The van der Waals surface area contributed by atoms with Gasteiger partial charge in [-0.05, 0) is 42.2 Å². The van der Waals surface area contributed by atoms with E-state index in [1.165, 1.54) is 13.1 Å². The molecular weight excluding hydrogens is 342 g/mol. The summed E-state index contributed by atoms with van der Waals surface area (Å²) in [4.78, 5) is 22.9. The summed E-state index contributed by atoms with van der Waals surface area (Å²) in [5.74, 6) is 0.555. The number of ether oxygens (including phenoxy) is 1. The van der Waals surface area contributed by atoms with E-state index < -0.39 is 0 Å². The monoisotopic (exact) mass is 367 g/mol. The average Bonchev–Trinajstić information content (AvgIpc) is 2.61. The van der Waals surface area contributed by atoms with Crippen LogP contribution < -0.4 is 15.5 Å². The predicted molar refractivity (Wildman–Crippen MR) is 107 cm³/mol. The summed E-state index contributed by atoms with van der Waals surface area (Å²) in [7, 11) is 0. The number of hydrogen-bond acceptors (Lipinski definition) is 4. The Labute approximate surface area is 159 Å². The molecule has 0 aliphatic heterocycles. The van der Waals surface area contributed by atoms with E-state index in [1.54, 1.807) is 24.3 Å². The molecule has 2 aromatic carbocycles. The number of aryl methyl sites for hydroxylation is 1. The largest absolute Gasteiger partial charge is 0.483 e. The number of anilines is 1. The van der Waals surface area contributed by atoms with Gasteiger partial charge in [0.05, 0.1) is 6.21 Å². The maximum absolute atomic E-state index is 11.9. The summed E-state index contributed by atoms with van der Waals surface area (Å²) in [6.07, 6.45) is 1.53. The highest BCUT2D eigenvalue weighted by Crippen LogP contribution is 2.27. The Morgan fingerprint density at radius 3 is 2.48 bits per heavy atom. The molecule has 0 bridgehead atoms. The van der Waals surface area contributed by atoms with Gasteiger partial charge in [-0.1, -0.05) is 43.7 Å². The molecule has 0 unspecified atom stereocenters. The number of nitrogens with zero attached hydrogens (tertiary/aromatic N) is 1. The fraction of sp³-hybridized carbons (Fsp3) is 0.286. The Bertz CT molecular complexity index is 827. The maximum atomic E-state index is 11.9. The van der Waals surface area contributed by atoms with Crippen LogP contribution in [0.5, 0.6) is 5.75 Å². The molecule has 27 heavy (non-hydrogen) atoms. The predicted octanol–water partition coefficient (Wildman–Crippen LogP) is 3.61. The SMILES string of the molecule is CC(=O)Nc1ccc(/C=N/NC(=O)COc2ccc(C)cc2C(C)C)cc1. The van der Waals surface area contributed by atoms with E-state index in [-0.39, 0.29) is 18.4 Å². The van der Waals surface area contributed by atoms with Gasteiger partial charge in [0.1, 0.15) is 5.75 Å². The van der Waals surface area contributed by atoms with Crippen LogP contribution in [0, 0.1) is 6.92 Å². The Balaban J connectivity index is 1.86.